The Bertz CT molecular complexity index is 497. The molecular formula is C11H18N2O3S. The van der Waals surface area contributed by atoms with E-state index in [4.69, 9.17) is 5.73 Å². The number of benzene rings is 1. The predicted octanol–water partition coefficient (Wildman–Crippen LogP) is 0.579. The molecule has 0 heterocycles. The number of rotatable bonds is 4. The van der Waals surface area contributed by atoms with Crippen LogP contribution in [0.25, 0.3) is 0 Å². The summed E-state index contributed by atoms with van der Waals surface area (Å²) >= 11 is 0. The van der Waals surface area contributed by atoms with Crippen molar-refractivity contribution in [3.05, 3.63) is 23.8 Å². The van der Waals surface area contributed by atoms with Crippen LogP contribution in [0.1, 0.15) is 12.5 Å². The van der Waals surface area contributed by atoms with Gasteiger partial charge in [-0.1, -0.05) is 6.07 Å². The van der Waals surface area contributed by atoms with Crippen molar-refractivity contribution in [3.8, 4) is 0 Å². The molecule has 1 unspecified atom stereocenters. The van der Waals surface area contributed by atoms with E-state index in [-0.39, 0.29) is 17.1 Å². The van der Waals surface area contributed by atoms with Gasteiger partial charge in [0.1, 0.15) is 4.90 Å². The summed E-state index contributed by atoms with van der Waals surface area (Å²) in [6.07, 6.45) is -0.721. The SMILES string of the molecule is Cc1ccc(S(=O)(=O)N(C)CC(C)O)c(N)c1. The molecule has 0 radical (unpaired) electrons. The Hall–Kier alpha value is -1.11. The van der Waals surface area contributed by atoms with Crippen LogP contribution >= 0.6 is 0 Å². The number of aliphatic hydroxyl groups is 1. The van der Waals surface area contributed by atoms with Crippen LogP contribution in [-0.4, -0.2) is 37.5 Å². The third kappa shape index (κ3) is 3.18. The summed E-state index contributed by atoms with van der Waals surface area (Å²) in [5, 5.41) is 9.21. The molecule has 17 heavy (non-hydrogen) atoms. The van der Waals surface area contributed by atoms with E-state index in [0.717, 1.165) is 9.87 Å². The third-order valence-corrected chi connectivity index (χ3v) is 4.27. The lowest BCUT2D eigenvalue weighted by Crippen LogP contribution is -2.33. The maximum absolute atomic E-state index is 12.1. The molecule has 1 aromatic carbocycles. The smallest absolute Gasteiger partial charge is 0.244 e. The highest BCUT2D eigenvalue weighted by Gasteiger charge is 2.23. The van der Waals surface area contributed by atoms with Gasteiger partial charge in [-0.05, 0) is 31.5 Å². The molecule has 1 rings (SSSR count). The first-order chi connectivity index (χ1) is 7.75. The second kappa shape index (κ2) is 5.03. The first-order valence-electron chi connectivity index (χ1n) is 5.25. The second-order valence-electron chi connectivity index (χ2n) is 4.18. The summed E-state index contributed by atoms with van der Waals surface area (Å²) in [5.74, 6) is 0. The topological polar surface area (TPSA) is 83.6 Å². The van der Waals surface area contributed by atoms with Crippen molar-refractivity contribution in [1.82, 2.24) is 4.31 Å². The minimum Gasteiger partial charge on any atom is -0.398 e. The number of hydrogen-bond donors (Lipinski definition) is 2. The molecule has 1 aromatic rings. The lowest BCUT2D eigenvalue weighted by atomic mass is 10.2. The quantitative estimate of drug-likeness (QED) is 0.774. The van der Waals surface area contributed by atoms with E-state index in [1.54, 1.807) is 12.1 Å². The molecule has 0 fully saturated rings. The minimum absolute atomic E-state index is 0.0374. The molecule has 0 aliphatic heterocycles. The number of nitrogens with zero attached hydrogens (tertiary/aromatic N) is 1. The molecule has 5 nitrogen and oxygen atoms in total. The van der Waals surface area contributed by atoms with Crippen LogP contribution in [0.5, 0.6) is 0 Å². The van der Waals surface area contributed by atoms with Crippen LogP contribution in [0.4, 0.5) is 5.69 Å². The highest BCUT2D eigenvalue weighted by atomic mass is 32.2. The van der Waals surface area contributed by atoms with Crippen LogP contribution in [0.3, 0.4) is 0 Å². The van der Waals surface area contributed by atoms with E-state index in [1.807, 2.05) is 6.92 Å². The van der Waals surface area contributed by atoms with Gasteiger partial charge in [0, 0.05) is 13.6 Å². The van der Waals surface area contributed by atoms with Crippen molar-refractivity contribution in [2.75, 3.05) is 19.3 Å². The fraction of sp³-hybridized carbons (Fsp3) is 0.455. The zero-order valence-electron chi connectivity index (χ0n) is 10.2. The van der Waals surface area contributed by atoms with Gasteiger partial charge >= 0.3 is 0 Å². The number of aliphatic hydroxyl groups excluding tert-OH is 1. The van der Waals surface area contributed by atoms with Crippen LogP contribution in [-0.2, 0) is 10.0 Å². The Morgan fingerprint density at radius 3 is 2.53 bits per heavy atom. The highest BCUT2D eigenvalue weighted by molar-refractivity contribution is 7.89. The number of likely N-dealkylation sites (N-methyl/N-ethyl adjacent to an activating group) is 1. The zero-order valence-corrected chi connectivity index (χ0v) is 11.0. The van der Waals surface area contributed by atoms with Crippen molar-refractivity contribution in [1.29, 1.82) is 0 Å². The van der Waals surface area contributed by atoms with E-state index in [1.165, 1.54) is 20.0 Å². The van der Waals surface area contributed by atoms with Gasteiger partial charge in [-0.3, -0.25) is 0 Å². The molecule has 96 valence electrons. The summed E-state index contributed by atoms with van der Waals surface area (Å²) in [7, 11) is -2.22. The Morgan fingerprint density at radius 2 is 2.06 bits per heavy atom. The summed E-state index contributed by atoms with van der Waals surface area (Å²) in [6.45, 7) is 3.41. The van der Waals surface area contributed by atoms with Gasteiger partial charge in [0.2, 0.25) is 10.0 Å². The monoisotopic (exact) mass is 258 g/mol. The highest BCUT2D eigenvalue weighted by Crippen LogP contribution is 2.22. The summed E-state index contributed by atoms with van der Waals surface area (Å²) in [4.78, 5) is 0.0752. The molecule has 0 aliphatic carbocycles. The first kappa shape index (κ1) is 14.0. The van der Waals surface area contributed by atoms with Gasteiger partial charge in [-0.15, -0.1) is 0 Å². The van der Waals surface area contributed by atoms with Crippen molar-refractivity contribution >= 4 is 15.7 Å². The lowest BCUT2D eigenvalue weighted by molar-refractivity contribution is 0.171. The normalized spacial score (nSPS) is 13.9. The summed E-state index contributed by atoms with van der Waals surface area (Å²) < 4.78 is 25.4. The third-order valence-electron chi connectivity index (χ3n) is 2.37. The van der Waals surface area contributed by atoms with Crippen LogP contribution in [0, 0.1) is 6.92 Å². The zero-order chi connectivity index (χ0) is 13.2. The Balaban J connectivity index is 3.13. The van der Waals surface area contributed by atoms with Crippen LogP contribution < -0.4 is 5.73 Å². The lowest BCUT2D eigenvalue weighted by Gasteiger charge is -2.19. The molecule has 0 aromatic heterocycles. The van der Waals surface area contributed by atoms with Crippen LogP contribution in [0.15, 0.2) is 23.1 Å². The number of aryl methyl sites for hydroxylation is 1. The van der Waals surface area contributed by atoms with Crippen molar-refractivity contribution in [2.24, 2.45) is 0 Å². The molecule has 1 atom stereocenters. The van der Waals surface area contributed by atoms with Crippen molar-refractivity contribution < 1.29 is 13.5 Å². The molecular weight excluding hydrogens is 240 g/mol. The van der Waals surface area contributed by atoms with Gasteiger partial charge < -0.3 is 10.8 Å². The number of sulfonamides is 1. The largest absolute Gasteiger partial charge is 0.398 e. The van der Waals surface area contributed by atoms with E-state index in [2.05, 4.69) is 0 Å². The molecule has 0 spiro atoms. The molecule has 0 bridgehead atoms. The first-order valence-corrected chi connectivity index (χ1v) is 6.69. The fourth-order valence-corrected chi connectivity index (χ4v) is 2.89. The molecule has 0 saturated heterocycles. The number of nitrogens with two attached hydrogens (primary N) is 1. The van der Waals surface area contributed by atoms with Gasteiger partial charge in [-0.25, -0.2) is 8.42 Å². The van der Waals surface area contributed by atoms with E-state index in [0.29, 0.717) is 0 Å². The second-order valence-corrected chi connectivity index (χ2v) is 6.19. The number of nitrogen functional groups attached to an aromatic ring is 1. The predicted molar refractivity (Wildman–Crippen MR) is 67.1 cm³/mol. The fourth-order valence-electron chi connectivity index (χ4n) is 1.54. The minimum atomic E-state index is -3.63. The standard InChI is InChI=1S/C11H18N2O3S/c1-8-4-5-11(10(12)6-8)17(15,16)13(3)7-9(2)14/h4-6,9,14H,7,12H2,1-3H3. The Kier molecular flexibility index (Phi) is 4.13. The van der Waals surface area contributed by atoms with Gasteiger partial charge in [0.25, 0.3) is 0 Å². The van der Waals surface area contributed by atoms with Crippen molar-refractivity contribution in [2.45, 2.75) is 24.8 Å². The van der Waals surface area contributed by atoms with Gasteiger partial charge in [-0.2, -0.15) is 4.31 Å². The average Bonchev–Trinajstić information content (AvgIpc) is 2.15. The maximum atomic E-state index is 12.1. The van der Waals surface area contributed by atoms with Gasteiger partial charge in [0.05, 0.1) is 11.8 Å². The molecule has 0 amide bonds. The van der Waals surface area contributed by atoms with E-state index in [9.17, 15) is 13.5 Å². The van der Waals surface area contributed by atoms with E-state index < -0.39 is 16.1 Å². The number of anilines is 1. The molecule has 3 N–H and O–H groups in total. The molecule has 0 aliphatic rings. The van der Waals surface area contributed by atoms with Crippen molar-refractivity contribution in [3.63, 3.8) is 0 Å². The summed E-state index contributed by atoms with van der Waals surface area (Å²) in [5.41, 5.74) is 6.83. The van der Waals surface area contributed by atoms with E-state index >= 15 is 0 Å². The Morgan fingerprint density at radius 1 is 1.47 bits per heavy atom. The van der Waals surface area contributed by atoms with Gasteiger partial charge in [0.15, 0.2) is 0 Å². The van der Waals surface area contributed by atoms with Crippen LogP contribution in [0.2, 0.25) is 0 Å². The number of hydrogen-bond acceptors (Lipinski definition) is 4. The molecule has 6 heteroatoms. The average molecular weight is 258 g/mol. The molecule has 0 saturated carbocycles. The maximum Gasteiger partial charge on any atom is 0.244 e. The Labute approximate surface area is 102 Å². The summed E-state index contributed by atoms with van der Waals surface area (Å²) in [6, 6.07) is 4.79.